The summed E-state index contributed by atoms with van der Waals surface area (Å²) in [4.78, 5) is 25.5. The van der Waals surface area contributed by atoms with Gasteiger partial charge in [0, 0.05) is 35.5 Å². The highest BCUT2D eigenvalue weighted by Crippen LogP contribution is 2.41. The van der Waals surface area contributed by atoms with Crippen LogP contribution < -0.4 is 0 Å². The molecule has 0 aromatic rings. The lowest BCUT2D eigenvalue weighted by atomic mass is 9.95. The molecule has 4 aliphatic rings. The van der Waals surface area contributed by atoms with E-state index in [1.807, 2.05) is 0 Å². The van der Waals surface area contributed by atoms with E-state index < -0.39 is 158 Å². The number of aliphatic hydroxyl groups excluding tert-OH is 1. The zero-order chi connectivity index (χ0) is 56.0. The Bertz CT molecular complexity index is 1760. The van der Waals surface area contributed by atoms with E-state index in [1.165, 1.54) is 0 Å². The number of carboxylic acid groups (broad SMARTS) is 2. The Hall–Kier alpha value is -0.760. The SMILES string of the molecule is COC1C(OC)[C@H](O[C@H]2O[C@@H](COS(=O)(=O)O)[C@@H](O[C@@H]3OC(C(=O)O)[C@@H](O)[C@H](OC)C3OC)C(OSOOO)C2OSOOO)[C@H](C(=O)O)O[C@H]1O[C@@H]1C(COSOOO)O[C@H](OC)C(OSOOO)[C@H]1OSOOO. The third-order valence-electron chi connectivity index (χ3n) is 10.4. The first-order chi connectivity index (χ1) is 36.5. The van der Waals surface area contributed by atoms with Crippen molar-refractivity contribution in [1.29, 1.82) is 0 Å². The van der Waals surface area contributed by atoms with Crippen molar-refractivity contribution in [3.8, 4) is 0 Å². The first kappa shape index (κ1) is 67.7. The molecule has 0 aromatic heterocycles. The predicted octanol–water partition coefficient (Wildman–Crippen LogP) is -1.42. The van der Waals surface area contributed by atoms with Crippen LogP contribution in [0.1, 0.15) is 0 Å². The van der Waals surface area contributed by atoms with Gasteiger partial charge in [-0.05, 0) is 0 Å². The molecule has 0 aliphatic carbocycles. The van der Waals surface area contributed by atoms with Crippen LogP contribution in [0.15, 0.2) is 0 Å². The molecule has 20 atom stereocenters. The Kier molecular flexibility index (Phi) is 31.4. The Morgan fingerprint density at radius 2 is 0.829 bits per heavy atom. The summed E-state index contributed by atoms with van der Waals surface area (Å²) >= 11 is -0.391. The summed E-state index contributed by atoms with van der Waals surface area (Å²) in [5.74, 6) is -3.59. The Labute approximate surface area is 447 Å². The summed E-state index contributed by atoms with van der Waals surface area (Å²) in [6.07, 6.45) is -37.0. The van der Waals surface area contributed by atoms with E-state index in [4.69, 9.17) is 104 Å². The Morgan fingerprint density at radius 3 is 1.26 bits per heavy atom. The smallest absolute Gasteiger partial charge is 0.397 e. The molecular weight excluding hydrogens is 1200 g/mol. The van der Waals surface area contributed by atoms with E-state index in [2.05, 4.69) is 51.0 Å². The van der Waals surface area contributed by atoms with Crippen LogP contribution in [0.5, 0.6) is 0 Å². The van der Waals surface area contributed by atoms with Crippen LogP contribution in [0.3, 0.4) is 0 Å². The number of aliphatic carboxylic acids is 2. The zero-order valence-electron chi connectivity index (χ0n) is 38.5. The molecule has 0 bridgehead atoms. The summed E-state index contributed by atoms with van der Waals surface area (Å²) in [7, 11) is -0.0333. The summed E-state index contributed by atoms with van der Waals surface area (Å²) in [5.41, 5.74) is 0. The van der Waals surface area contributed by atoms with Gasteiger partial charge in [0.1, 0.15) is 73.2 Å². The van der Waals surface area contributed by atoms with Gasteiger partial charge in [-0.15, -0.1) is 21.7 Å². The van der Waals surface area contributed by atoms with Crippen molar-refractivity contribution in [2.75, 3.05) is 48.8 Å². The fourth-order valence-electron chi connectivity index (χ4n) is 7.56. The molecule has 47 heteroatoms. The predicted molar refractivity (Wildman–Crippen MR) is 226 cm³/mol. The molecule has 9 N–H and O–H groups in total. The quantitative estimate of drug-likeness (QED) is 0.0113. The zero-order valence-corrected chi connectivity index (χ0v) is 43.4. The van der Waals surface area contributed by atoms with E-state index in [1.54, 1.807) is 0 Å². The maximum absolute atomic E-state index is 13.3. The van der Waals surface area contributed by atoms with Crippen LogP contribution in [0.4, 0.5) is 0 Å². The van der Waals surface area contributed by atoms with Crippen molar-refractivity contribution in [2.24, 2.45) is 0 Å². The van der Waals surface area contributed by atoms with Gasteiger partial charge in [0.05, 0.1) is 13.2 Å². The fraction of sp³-hybridized carbons (Fsp3) is 0.931. The number of ether oxygens (including phenoxy) is 12. The topological polar surface area (TPSA) is 509 Å². The molecule has 4 saturated heterocycles. The van der Waals surface area contributed by atoms with Gasteiger partial charge >= 0.3 is 22.3 Å². The second-order valence-corrected chi connectivity index (χ2v) is 17.7. The molecule has 0 aromatic carbocycles. The van der Waals surface area contributed by atoms with Crippen LogP contribution in [-0.4, -0.2) is 238 Å². The van der Waals surface area contributed by atoms with Crippen molar-refractivity contribution < 1.29 is 193 Å². The average Bonchev–Trinajstić information content (AvgIpc) is 3.39. The molecule has 0 spiro atoms. The van der Waals surface area contributed by atoms with E-state index in [-0.39, 0.29) is 61.6 Å². The largest absolute Gasteiger partial charge is 0.479 e. The third kappa shape index (κ3) is 19.2. The van der Waals surface area contributed by atoms with E-state index >= 15 is 0 Å². The van der Waals surface area contributed by atoms with Crippen LogP contribution in [0, 0.1) is 0 Å². The highest BCUT2D eigenvalue weighted by molar-refractivity contribution is 7.90. The van der Waals surface area contributed by atoms with Crippen molar-refractivity contribution in [1.82, 2.24) is 0 Å². The monoisotopic (exact) mass is 1240 g/mol. The number of methoxy groups -OCH3 is 5. The highest BCUT2D eigenvalue weighted by Gasteiger charge is 2.60. The molecule has 0 radical (unpaired) electrons. The first-order valence-electron chi connectivity index (χ1n) is 20.0. The minimum Gasteiger partial charge on any atom is -0.479 e. The molecule has 8 unspecified atom stereocenters. The van der Waals surface area contributed by atoms with Crippen molar-refractivity contribution >= 4 is 84.0 Å². The second kappa shape index (κ2) is 35.3. The number of rotatable bonds is 37. The molecule has 4 rings (SSSR count). The standard InChI is InChI=1S/C29H48O41S6/c1-43-13-10(30)14(24(31)32)54-27(20(13)45-3)53-12-9(7-49-76(40,41)42)51-29(23(60-75-70-65-39)18(12)58-73-68-63-37)55-16-15(44-2)21(46-4)28(56-19(16)25(33)34)52-11-8(6-48-71-66-61-35)50-26(47-5)22(59-74-69-64-38)17(11)57-72-67-62-36/h8-23,26-30,35-39H,6-7H2,1-5H3,(H,31,32)(H,33,34)(H,40,41,42)/t8?,9-,10-,11+,12+,13-,14?,15?,16-,17-,18?,19+,20?,21?,22?,23?,26-,27+,28+,29+/m0/s1. The van der Waals surface area contributed by atoms with Crippen LogP contribution in [0.25, 0.3) is 0 Å². The van der Waals surface area contributed by atoms with Gasteiger partial charge in [-0.2, -0.15) is 8.42 Å². The molecule has 76 heavy (non-hydrogen) atoms. The molecule has 0 saturated carbocycles. The van der Waals surface area contributed by atoms with Crippen LogP contribution in [0.2, 0.25) is 0 Å². The summed E-state index contributed by atoms with van der Waals surface area (Å²) < 4.78 is 157. The second-order valence-electron chi connectivity index (χ2n) is 14.2. The van der Waals surface area contributed by atoms with Gasteiger partial charge in [0.2, 0.25) is 0 Å². The average molecular weight is 1250 g/mol. The minimum absolute atomic E-state index is 0.00526. The lowest BCUT2D eigenvalue weighted by molar-refractivity contribution is -0.437. The lowest BCUT2D eigenvalue weighted by Crippen LogP contribution is -2.69. The summed E-state index contributed by atoms with van der Waals surface area (Å²) in [6.45, 7) is -1.92. The molecule has 4 heterocycles. The van der Waals surface area contributed by atoms with Gasteiger partial charge < -0.3 is 72.2 Å². The van der Waals surface area contributed by atoms with Crippen LogP contribution in [-0.2, 0) is 149 Å². The highest BCUT2D eigenvalue weighted by atomic mass is 32.3. The van der Waals surface area contributed by atoms with Crippen molar-refractivity contribution in [3.63, 3.8) is 0 Å². The summed E-state index contributed by atoms with van der Waals surface area (Å²) in [6, 6.07) is 0. The maximum atomic E-state index is 13.3. The third-order valence-corrected chi connectivity index (χ3v) is 12.9. The van der Waals surface area contributed by atoms with Crippen molar-refractivity contribution in [3.05, 3.63) is 0 Å². The summed E-state index contributed by atoms with van der Waals surface area (Å²) in [5, 5.41) is 93.4. The number of hydrogen-bond donors (Lipinski definition) is 9. The first-order valence-corrected chi connectivity index (χ1v) is 24.7. The molecule has 446 valence electrons. The van der Waals surface area contributed by atoms with Gasteiger partial charge in [-0.3, -0.25) is 25.5 Å². The molecule has 4 fully saturated rings. The molecule has 4 aliphatic heterocycles. The molecular formula is C29H48O41S6. The lowest BCUT2D eigenvalue weighted by Gasteiger charge is -2.50. The number of aliphatic hydroxyl groups is 1. The van der Waals surface area contributed by atoms with Crippen LogP contribution >= 0.6 is 61.6 Å². The number of carbonyl (C=O) groups is 2. The number of hydrogen-bond acceptors (Lipinski definition) is 43. The van der Waals surface area contributed by atoms with E-state index in [9.17, 15) is 37.9 Å². The minimum atomic E-state index is -5.40. The van der Waals surface area contributed by atoms with E-state index in [0.717, 1.165) is 35.5 Å². The Morgan fingerprint density at radius 1 is 0.447 bits per heavy atom. The molecule has 0 amide bonds. The Balaban J connectivity index is 1.82. The fourth-order valence-corrected chi connectivity index (χ4v) is 9.55. The van der Waals surface area contributed by atoms with Gasteiger partial charge in [0.25, 0.3) is 0 Å². The van der Waals surface area contributed by atoms with Crippen molar-refractivity contribution in [2.45, 2.75) is 123 Å². The van der Waals surface area contributed by atoms with Gasteiger partial charge in [-0.25, -0.2) is 40.1 Å². The normalized spacial score (nSPS) is 36.3. The maximum Gasteiger partial charge on any atom is 0.397 e. The molecule has 41 nitrogen and oxygen atoms in total. The van der Waals surface area contributed by atoms with Gasteiger partial charge in [-0.1, -0.05) is 25.2 Å². The van der Waals surface area contributed by atoms with Gasteiger partial charge in [0.15, 0.2) is 111 Å². The van der Waals surface area contributed by atoms with E-state index in [0.29, 0.717) is 0 Å². The number of carboxylic acids is 2.